The van der Waals surface area contributed by atoms with Gasteiger partial charge in [0.25, 0.3) is 0 Å². The van der Waals surface area contributed by atoms with Crippen LogP contribution >= 0.6 is 0 Å². The Balaban J connectivity index is 2.09. The first-order chi connectivity index (χ1) is 9.83. The maximum Gasteiger partial charge on any atom is 0.218 e. The van der Waals surface area contributed by atoms with Gasteiger partial charge in [0, 0.05) is 19.2 Å². The maximum atomic E-state index is 5.67. The van der Waals surface area contributed by atoms with Crippen LogP contribution in [0, 0.1) is 0 Å². The number of aromatic nitrogens is 2. The van der Waals surface area contributed by atoms with Crippen LogP contribution in [0.3, 0.4) is 0 Å². The molecule has 1 unspecified atom stereocenters. The normalized spacial score (nSPS) is 18.2. The van der Waals surface area contributed by atoms with Crippen molar-refractivity contribution in [3.8, 4) is 5.88 Å². The minimum Gasteiger partial charge on any atom is -0.478 e. The minimum atomic E-state index is 0.0203. The standard InChI is InChI=1S/C15H25N3O2/c1-3-5-8-16-13-11-14(20-9-4-2)18-15(17-13)12-7-6-10-19-12/h11-12H,3-10H2,1-2H3,(H,16,17,18). The third-order valence-corrected chi connectivity index (χ3v) is 3.23. The van der Waals surface area contributed by atoms with E-state index in [-0.39, 0.29) is 6.10 Å². The Morgan fingerprint density at radius 2 is 2.25 bits per heavy atom. The van der Waals surface area contributed by atoms with Gasteiger partial charge in [-0.3, -0.25) is 0 Å². The Labute approximate surface area is 121 Å². The topological polar surface area (TPSA) is 56.3 Å². The summed E-state index contributed by atoms with van der Waals surface area (Å²) in [6.45, 7) is 6.66. The lowest BCUT2D eigenvalue weighted by atomic mass is 10.2. The van der Waals surface area contributed by atoms with Crippen molar-refractivity contribution in [3.63, 3.8) is 0 Å². The van der Waals surface area contributed by atoms with E-state index in [2.05, 4.69) is 29.1 Å². The average molecular weight is 279 g/mol. The van der Waals surface area contributed by atoms with Crippen molar-refractivity contribution in [1.29, 1.82) is 0 Å². The van der Waals surface area contributed by atoms with Crippen LogP contribution in [-0.4, -0.2) is 29.7 Å². The predicted octanol–water partition coefficient (Wildman–Crippen LogP) is 3.33. The molecule has 0 aliphatic carbocycles. The molecule has 5 heteroatoms. The van der Waals surface area contributed by atoms with Crippen molar-refractivity contribution >= 4 is 5.82 Å². The fourth-order valence-corrected chi connectivity index (χ4v) is 2.13. The van der Waals surface area contributed by atoms with E-state index < -0.39 is 0 Å². The van der Waals surface area contributed by atoms with Gasteiger partial charge in [-0.2, -0.15) is 4.98 Å². The first-order valence-corrected chi connectivity index (χ1v) is 7.70. The van der Waals surface area contributed by atoms with E-state index in [1.54, 1.807) is 0 Å². The molecule has 0 radical (unpaired) electrons. The molecule has 1 aliphatic rings. The van der Waals surface area contributed by atoms with E-state index in [1.807, 2.05) is 6.07 Å². The second kappa shape index (κ2) is 8.04. The molecule has 20 heavy (non-hydrogen) atoms. The van der Waals surface area contributed by atoms with Gasteiger partial charge in [-0.25, -0.2) is 4.98 Å². The molecular weight excluding hydrogens is 254 g/mol. The highest BCUT2D eigenvalue weighted by Crippen LogP contribution is 2.28. The van der Waals surface area contributed by atoms with Gasteiger partial charge in [0.1, 0.15) is 11.9 Å². The van der Waals surface area contributed by atoms with Crippen molar-refractivity contribution in [3.05, 3.63) is 11.9 Å². The number of nitrogens with one attached hydrogen (secondary N) is 1. The van der Waals surface area contributed by atoms with Crippen LogP contribution in [0.4, 0.5) is 5.82 Å². The van der Waals surface area contributed by atoms with E-state index in [0.29, 0.717) is 12.5 Å². The fraction of sp³-hybridized carbons (Fsp3) is 0.733. The van der Waals surface area contributed by atoms with Crippen molar-refractivity contribution in [1.82, 2.24) is 9.97 Å². The number of hydrogen-bond donors (Lipinski definition) is 1. The van der Waals surface area contributed by atoms with E-state index in [0.717, 1.165) is 56.9 Å². The molecule has 0 amide bonds. The van der Waals surface area contributed by atoms with Crippen LogP contribution in [0.1, 0.15) is 57.9 Å². The van der Waals surface area contributed by atoms with Crippen LogP contribution in [0.5, 0.6) is 5.88 Å². The van der Waals surface area contributed by atoms with Crippen LogP contribution in [-0.2, 0) is 4.74 Å². The second-order valence-electron chi connectivity index (χ2n) is 5.08. The fourth-order valence-electron chi connectivity index (χ4n) is 2.13. The highest BCUT2D eigenvalue weighted by molar-refractivity contribution is 5.38. The molecule has 0 spiro atoms. The van der Waals surface area contributed by atoms with Gasteiger partial charge in [-0.05, 0) is 25.7 Å². The van der Waals surface area contributed by atoms with Gasteiger partial charge in [0.2, 0.25) is 5.88 Å². The quantitative estimate of drug-likeness (QED) is 0.740. The summed E-state index contributed by atoms with van der Waals surface area (Å²) < 4.78 is 11.3. The summed E-state index contributed by atoms with van der Waals surface area (Å²) in [6.07, 6.45) is 5.35. The highest BCUT2D eigenvalue weighted by Gasteiger charge is 2.22. The lowest BCUT2D eigenvalue weighted by molar-refractivity contribution is 0.104. The zero-order chi connectivity index (χ0) is 14.2. The van der Waals surface area contributed by atoms with Crippen LogP contribution in [0.2, 0.25) is 0 Å². The number of anilines is 1. The number of hydrogen-bond acceptors (Lipinski definition) is 5. The predicted molar refractivity (Wildman–Crippen MR) is 79.1 cm³/mol. The Morgan fingerprint density at radius 1 is 1.35 bits per heavy atom. The summed E-state index contributed by atoms with van der Waals surface area (Å²) in [6, 6.07) is 1.88. The van der Waals surface area contributed by atoms with Crippen molar-refractivity contribution in [2.75, 3.05) is 25.1 Å². The van der Waals surface area contributed by atoms with Crippen LogP contribution in [0.15, 0.2) is 6.07 Å². The number of unbranched alkanes of at least 4 members (excludes halogenated alkanes) is 1. The first-order valence-electron chi connectivity index (χ1n) is 7.70. The summed E-state index contributed by atoms with van der Waals surface area (Å²) >= 11 is 0. The molecule has 0 aromatic carbocycles. The molecule has 1 fully saturated rings. The van der Waals surface area contributed by atoms with E-state index >= 15 is 0 Å². The summed E-state index contributed by atoms with van der Waals surface area (Å²) in [5.41, 5.74) is 0. The second-order valence-corrected chi connectivity index (χ2v) is 5.08. The van der Waals surface area contributed by atoms with Gasteiger partial charge >= 0.3 is 0 Å². The largest absolute Gasteiger partial charge is 0.478 e. The lowest BCUT2D eigenvalue weighted by Crippen LogP contribution is -2.10. The Hall–Kier alpha value is -1.36. The van der Waals surface area contributed by atoms with Gasteiger partial charge in [0.15, 0.2) is 5.82 Å². The van der Waals surface area contributed by atoms with Crippen molar-refractivity contribution in [2.45, 2.75) is 52.1 Å². The number of rotatable bonds is 8. The minimum absolute atomic E-state index is 0.0203. The average Bonchev–Trinajstić information content (AvgIpc) is 2.99. The third-order valence-electron chi connectivity index (χ3n) is 3.23. The highest BCUT2D eigenvalue weighted by atomic mass is 16.5. The molecule has 0 saturated carbocycles. The zero-order valence-electron chi connectivity index (χ0n) is 12.5. The molecule has 1 aliphatic heterocycles. The molecule has 1 saturated heterocycles. The van der Waals surface area contributed by atoms with E-state index in [1.165, 1.54) is 0 Å². The van der Waals surface area contributed by atoms with Crippen LogP contribution in [0.25, 0.3) is 0 Å². The Bertz CT molecular complexity index is 406. The summed E-state index contributed by atoms with van der Waals surface area (Å²) in [5, 5.41) is 3.34. The van der Waals surface area contributed by atoms with Gasteiger partial charge < -0.3 is 14.8 Å². The zero-order valence-corrected chi connectivity index (χ0v) is 12.5. The molecular formula is C15H25N3O2. The molecule has 1 aromatic rings. The van der Waals surface area contributed by atoms with Gasteiger partial charge in [-0.15, -0.1) is 0 Å². The van der Waals surface area contributed by atoms with Crippen molar-refractivity contribution in [2.24, 2.45) is 0 Å². The van der Waals surface area contributed by atoms with E-state index in [9.17, 15) is 0 Å². The number of nitrogens with zero attached hydrogens (tertiary/aromatic N) is 2. The molecule has 2 heterocycles. The van der Waals surface area contributed by atoms with E-state index in [4.69, 9.17) is 9.47 Å². The smallest absolute Gasteiger partial charge is 0.218 e. The molecule has 1 aromatic heterocycles. The SMILES string of the molecule is CCCCNc1cc(OCCC)nc(C2CCCO2)n1. The molecule has 1 N–H and O–H groups in total. The lowest BCUT2D eigenvalue weighted by Gasteiger charge is -2.13. The molecule has 2 rings (SSSR count). The maximum absolute atomic E-state index is 5.67. The van der Waals surface area contributed by atoms with Crippen LogP contribution < -0.4 is 10.1 Å². The van der Waals surface area contributed by atoms with Gasteiger partial charge in [0.05, 0.1) is 6.61 Å². The van der Waals surface area contributed by atoms with Crippen molar-refractivity contribution < 1.29 is 9.47 Å². The monoisotopic (exact) mass is 279 g/mol. The Kier molecular flexibility index (Phi) is 6.05. The molecule has 0 bridgehead atoms. The first kappa shape index (κ1) is 15.0. The van der Waals surface area contributed by atoms with Gasteiger partial charge in [-0.1, -0.05) is 20.3 Å². The summed E-state index contributed by atoms with van der Waals surface area (Å²) in [4.78, 5) is 9.05. The number of ether oxygens (including phenoxy) is 2. The molecule has 1 atom stereocenters. The molecule has 5 nitrogen and oxygen atoms in total. The summed E-state index contributed by atoms with van der Waals surface area (Å²) in [5.74, 6) is 2.23. The Morgan fingerprint density at radius 3 is 2.95 bits per heavy atom. The third kappa shape index (κ3) is 4.34. The molecule has 112 valence electrons. The summed E-state index contributed by atoms with van der Waals surface area (Å²) in [7, 11) is 0.